The van der Waals surface area contributed by atoms with E-state index in [1.165, 1.54) is 28.1 Å². The van der Waals surface area contributed by atoms with E-state index in [1.807, 2.05) is 0 Å². The molecule has 2 N–H and O–H groups in total. The Morgan fingerprint density at radius 2 is 1.03 bits per heavy atom. The van der Waals surface area contributed by atoms with Crippen LogP contribution in [-0.4, -0.2) is 37.6 Å². The first-order chi connectivity index (χ1) is 14.2. The van der Waals surface area contributed by atoms with Crippen LogP contribution in [0.2, 0.25) is 0 Å². The van der Waals surface area contributed by atoms with Gasteiger partial charge >= 0.3 is 0 Å². The minimum absolute atomic E-state index is 0.224. The van der Waals surface area contributed by atoms with Crippen LogP contribution >= 0.6 is 0 Å². The zero-order valence-electron chi connectivity index (χ0n) is 17.3. The molecule has 2 aromatic carbocycles. The molecule has 0 heterocycles. The van der Waals surface area contributed by atoms with E-state index in [9.17, 15) is 19.2 Å². The van der Waals surface area contributed by atoms with E-state index < -0.39 is 11.8 Å². The molecule has 8 nitrogen and oxygen atoms in total. The monoisotopic (exact) mass is 412 g/mol. The molecule has 0 aliphatic heterocycles. The Labute approximate surface area is 174 Å². The second kappa shape index (κ2) is 10.2. The highest BCUT2D eigenvalue weighted by Crippen LogP contribution is 2.33. The third-order valence-corrected chi connectivity index (χ3v) is 4.00. The zero-order valence-corrected chi connectivity index (χ0v) is 17.3. The van der Waals surface area contributed by atoms with Crippen molar-refractivity contribution in [3.05, 3.63) is 36.4 Å². The summed E-state index contributed by atoms with van der Waals surface area (Å²) < 4.78 is 10.6. The fourth-order valence-electron chi connectivity index (χ4n) is 2.77. The lowest BCUT2D eigenvalue weighted by molar-refractivity contribution is -0.125. The fourth-order valence-corrected chi connectivity index (χ4v) is 2.77. The van der Waals surface area contributed by atoms with Crippen molar-refractivity contribution in [1.29, 1.82) is 0 Å². The Bertz CT molecular complexity index is 904. The molecule has 0 bridgehead atoms. The minimum atomic E-state index is -0.426. The van der Waals surface area contributed by atoms with Gasteiger partial charge in [0.05, 0.1) is 27.1 Å². The number of ketones is 2. The van der Waals surface area contributed by atoms with Crippen LogP contribution in [-0.2, 0) is 19.2 Å². The number of rotatable bonds is 9. The highest BCUT2D eigenvalue weighted by atomic mass is 16.5. The van der Waals surface area contributed by atoms with Crippen LogP contribution in [0, 0.1) is 0 Å². The first-order valence-electron chi connectivity index (χ1n) is 9.17. The van der Waals surface area contributed by atoms with Crippen LogP contribution in [0.15, 0.2) is 36.4 Å². The van der Waals surface area contributed by atoms with E-state index in [1.54, 1.807) is 36.4 Å². The van der Waals surface area contributed by atoms with Crippen molar-refractivity contribution in [2.24, 2.45) is 0 Å². The molecule has 0 aromatic heterocycles. The Hall–Kier alpha value is -3.68. The van der Waals surface area contributed by atoms with Crippen molar-refractivity contribution in [3.8, 4) is 22.6 Å². The third-order valence-electron chi connectivity index (χ3n) is 4.00. The van der Waals surface area contributed by atoms with E-state index in [4.69, 9.17) is 9.47 Å². The van der Waals surface area contributed by atoms with Crippen molar-refractivity contribution in [3.63, 3.8) is 0 Å². The predicted octanol–water partition coefficient (Wildman–Crippen LogP) is 3.21. The van der Waals surface area contributed by atoms with Crippen molar-refractivity contribution < 1.29 is 28.7 Å². The molecule has 0 saturated heterocycles. The number of methoxy groups -OCH3 is 2. The van der Waals surface area contributed by atoms with Crippen molar-refractivity contribution in [2.45, 2.75) is 26.7 Å². The third kappa shape index (κ3) is 6.73. The van der Waals surface area contributed by atoms with Crippen molar-refractivity contribution in [2.75, 3.05) is 24.9 Å². The number of hydrogen-bond donors (Lipinski definition) is 2. The number of nitrogens with one attached hydrogen (secondary N) is 2. The molecule has 2 aromatic rings. The summed E-state index contributed by atoms with van der Waals surface area (Å²) >= 11 is 0. The second-order valence-electron chi connectivity index (χ2n) is 6.75. The number of Topliss-reactive ketones (excluding diaryl/α,β-unsaturated/α-hetero) is 2. The number of ether oxygens (including phenoxy) is 2. The van der Waals surface area contributed by atoms with E-state index in [2.05, 4.69) is 10.6 Å². The highest BCUT2D eigenvalue weighted by molar-refractivity contribution is 6.04. The zero-order chi connectivity index (χ0) is 22.3. The SMILES string of the molecule is COc1cc(NC(=O)CC(C)=O)cc(-c2cc(NC(=O)CC(C)=O)cc(OC)c2)c1. The summed E-state index contributed by atoms with van der Waals surface area (Å²) in [6.45, 7) is 2.68. The van der Waals surface area contributed by atoms with Gasteiger partial charge in [-0.05, 0) is 49.2 Å². The summed E-state index contributed by atoms with van der Waals surface area (Å²) in [5.41, 5.74) is 2.29. The van der Waals surface area contributed by atoms with E-state index >= 15 is 0 Å². The molecule has 30 heavy (non-hydrogen) atoms. The molecule has 0 radical (unpaired) electrons. The van der Waals surface area contributed by atoms with Crippen molar-refractivity contribution in [1.82, 2.24) is 0 Å². The van der Waals surface area contributed by atoms with Crippen LogP contribution in [0.4, 0.5) is 11.4 Å². The molecule has 0 fully saturated rings. The van der Waals surface area contributed by atoms with Gasteiger partial charge in [0, 0.05) is 23.5 Å². The molecular weight excluding hydrogens is 388 g/mol. The van der Waals surface area contributed by atoms with Crippen LogP contribution in [0.3, 0.4) is 0 Å². The Morgan fingerprint density at radius 1 is 0.667 bits per heavy atom. The molecule has 0 atom stereocenters. The fraction of sp³-hybridized carbons (Fsp3) is 0.273. The van der Waals surface area contributed by atoms with Gasteiger partial charge in [-0.2, -0.15) is 0 Å². The summed E-state index contributed by atoms with van der Waals surface area (Å²) in [6.07, 6.45) is -0.448. The number of benzene rings is 2. The van der Waals surface area contributed by atoms with E-state index in [0.29, 0.717) is 34.0 Å². The molecular formula is C22H24N2O6. The first kappa shape index (κ1) is 22.6. The standard InChI is InChI=1S/C22H24N2O6/c1-13(25)5-21(27)23-17-7-15(9-19(11-17)29-3)16-8-18(12-20(10-16)30-4)24-22(28)6-14(2)26/h7-12H,5-6H2,1-4H3,(H,23,27)(H,24,28). The van der Waals surface area contributed by atoms with E-state index in [-0.39, 0.29) is 24.4 Å². The maximum absolute atomic E-state index is 12.0. The molecule has 0 unspecified atom stereocenters. The van der Waals surface area contributed by atoms with Crippen LogP contribution in [0.5, 0.6) is 11.5 Å². The van der Waals surface area contributed by atoms with Gasteiger partial charge in [-0.1, -0.05) is 0 Å². The Balaban J connectivity index is 2.41. The normalized spacial score (nSPS) is 10.1. The lowest BCUT2D eigenvalue weighted by Gasteiger charge is -2.13. The topological polar surface area (TPSA) is 111 Å². The quantitative estimate of drug-likeness (QED) is 0.612. The van der Waals surface area contributed by atoms with Gasteiger partial charge in [-0.3, -0.25) is 19.2 Å². The molecule has 2 rings (SSSR count). The molecule has 158 valence electrons. The van der Waals surface area contributed by atoms with Gasteiger partial charge in [0.1, 0.15) is 23.1 Å². The van der Waals surface area contributed by atoms with Gasteiger partial charge in [-0.25, -0.2) is 0 Å². The summed E-state index contributed by atoms with van der Waals surface area (Å²) in [4.78, 5) is 46.3. The van der Waals surface area contributed by atoms with E-state index in [0.717, 1.165) is 0 Å². The Kier molecular flexibility index (Phi) is 7.69. The number of carbonyl (C=O) groups is 4. The van der Waals surface area contributed by atoms with Gasteiger partial charge in [0.25, 0.3) is 0 Å². The van der Waals surface area contributed by atoms with Gasteiger partial charge in [-0.15, -0.1) is 0 Å². The van der Waals surface area contributed by atoms with Crippen LogP contribution in [0.1, 0.15) is 26.7 Å². The molecule has 0 aliphatic rings. The number of carbonyl (C=O) groups excluding carboxylic acids is 4. The molecule has 0 aliphatic carbocycles. The largest absolute Gasteiger partial charge is 0.497 e. The summed E-state index contributed by atoms with van der Waals surface area (Å²) in [7, 11) is 3.00. The number of anilines is 2. The number of amides is 2. The average Bonchev–Trinajstić information content (AvgIpc) is 2.65. The smallest absolute Gasteiger partial charge is 0.231 e. The maximum atomic E-state index is 12.0. The van der Waals surface area contributed by atoms with Gasteiger partial charge in [0.2, 0.25) is 11.8 Å². The molecule has 8 heteroatoms. The summed E-state index contributed by atoms with van der Waals surface area (Å²) in [5.74, 6) is -0.344. The predicted molar refractivity (Wildman–Crippen MR) is 113 cm³/mol. The van der Waals surface area contributed by atoms with Crippen molar-refractivity contribution >= 4 is 34.8 Å². The average molecular weight is 412 g/mol. The molecule has 2 amide bonds. The maximum Gasteiger partial charge on any atom is 0.231 e. The molecule has 0 saturated carbocycles. The minimum Gasteiger partial charge on any atom is -0.497 e. The highest BCUT2D eigenvalue weighted by Gasteiger charge is 2.12. The second-order valence-corrected chi connectivity index (χ2v) is 6.75. The van der Waals surface area contributed by atoms with Gasteiger partial charge in [0.15, 0.2) is 0 Å². The lowest BCUT2D eigenvalue weighted by atomic mass is 10.0. The molecule has 0 spiro atoms. The lowest BCUT2D eigenvalue weighted by Crippen LogP contribution is -2.15. The Morgan fingerprint density at radius 3 is 1.33 bits per heavy atom. The number of hydrogen-bond acceptors (Lipinski definition) is 6. The van der Waals surface area contributed by atoms with Crippen LogP contribution < -0.4 is 20.1 Å². The summed E-state index contributed by atoms with van der Waals surface area (Å²) in [6, 6.07) is 10.2. The van der Waals surface area contributed by atoms with Gasteiger partial charge < -0.3 is 20.1 Å². The van der Waals surface area contributed by atoms with Crippen LogP contribution in [0.25, 0.3) is 11.1 Å². The first-order valence-corrected chi connectivity index (χ1v) is 9.17. The summed E-state index contributed by atoms with van der Waals surface area (Å²) in [5, 5.41) is 5.35.